The number of hydrogen-bond donors (Lipinski definition) is 1. The molecule has 2 rings (SSSR count). The van der Waals surface area contributed by atoms with Crippen LogP contribution >= 0.6 is 0 Å². The molecule has 0 aliphatic carbocycles. The maximum absolute atomic E-state index is 13.9. The lowest BCUT2D eigenvalue weighted by molar-refractivity contribution is 0.196. The molecular formula is C14H22FN3O2S. The molecular weight excluding hydrogens is 293 g/mol. The average Bonchev–Trinajstić information content (AvgIpc) is 2.47. The van der Waals surface area contributed by atoms with Crippen LogP contribution < -0.4 is 5.73 Å². The van der Waals surface area contributed by atoms with E-state index in [4.69, 9.17) is 5.73 Å². The van der Waals surface area contributed by atoms with Gasteiger partial charge in [0.2, 0.25) is 10.0 Å². The molecule has 0 unspecified atom stereocenters. The molecule has 5 nitrogen and oxygen atoms in total. The lowest BCUT2D eigenvalue weighted by atomic mass is 10.1. The van der Waals surface area contributed by atoms with Gasteiger partial charge < -0.3 is 10.6 Å². The molecule has 1 aromatic carbocycles. The zero-order chi connectivity index (χ0) is 15.6. The fourth-order valence-electron chi connectivity index (χ4n) is 2.61. The van der Waals surface area contributed by atoms with Crippen molar-refractivity contribution in [3.63, 3.8) is 0 Å². The van der Waals surface area contributed by atoms with Crippen molar-refractivity contribution in [1.82, 2.24) is 9.21 Å². The minimum Gasteiger partial charge on any atom is -0.326 e. The quantitative estimate of drug-likeness (QED) is 0.900. The van der Waals surface area contributed by atoms with Crippen molar-refractivity contribution in [2.45, 2.75) is 30.3 Å². The van der Waals surface area contributed by atoms with Gasteiger partial charge >= 0.3 is 0 Å². The zero-order valence-electron chi connectivity index (χ0n) is 12.4. The number of rotatable bonds is 4. The number of sulfonamides is 1. The maximum atomic E-state index is 13.9. The summed E-state index contributed by atoms with van der Waals surface area (Å²) in [6.07, 6.45) is 1.51. The molecule has 118 valence electrons. The second-order valence-corrected chi connectivity index (χ2v) is 7.47. The smallest absolute Gasteiger partial charge is 0.245 e. The van der Waals surface area contributed by atoms with Crippen molar-refractivity contribution in [2.75, 3.05) is 27.2 Å². The largest absolute Gasteiger partial charge is 0.326 e. The van der Waals surface area contributed by atoms with Crippen molar-refractivity contribution in [3.8, 4) is 0 Å². The molecule has 0 bridgehead atoms. The molecule has 0 atom stereocenters. The van der Waals surface area contributed by atoms with Gasteiger partial charge in [-0.25, -0.2) is 12.8 Å². The van der Waals surface area contributed by atoms with E-state index in [1.807, 2.05) is 14.1 Å². The van der Waals surface area contributed by atoms with Gasteiger partial charge in [0, 0.05) is 25.7 Å². The second-order valence-electron chi connectivity index (χ2n) is 5.57. The van der Waals surface area contributed by atoms with Crippen LogP contribution in [0.1, 0.15) is 18.4 Å². The normalized spacial score (nSPS) is 18.3. The van der Waals surface area contributed by atoms with Crippen molar-refractivity contribution in [3.05, 3.63) is 29.6 Å². The Morgan fingerprint density at radius 3 is 2.48 bits per heavy atom. The number of piperidine rings is 1. The van der Waals surface area contributed by atoms with Crippen LogP contribution in [0.25, 0.3) is 0 Å². The van der Waals surface area contributed by atoms with Crippen LogP contribution in [-0.4, -0.2) is 50.8 Å². The summed E-state index contributed by atoms with van der Waals surface area (Å²) in [7, 11) is 0.180. The van der Waals surface area contributed by atoms with E-state index in [0.717, 1.165) is 12.8 Å². The van der Waals surface area contributed by atoms with Gasteiger partial charge in [0.15, 0.2) is 0 Å². The van der Waals surface area contributed by atoms with E-state index < -0.39 is 15.8 Å². The van der Waals surface area contributed by atoms with E-state index in [9.17, 15) is 12.8 Å². The van der Waals surface area contributed by atoms with E-state index >= 15 is 0 Å². The van der Waals surface area contributed by atoms with E-state index in [-0.39, 0.29) is 11.4 Å². The number of benzene rings is 1. The Morgan fingerprint density at radius 1 is 1.33 bits per heavy atom. The van der Waals surface area contributed by atoms with Gasteiger partial charge in [-0.3, -0.25) is 0 Å². The molecule has 0 saturated carbocycles. The Kier molecular flexibility index (Phi) is 4.98. The van der Waals surface area contributed by atoms with Crippen LogP contribution in [-0.2, 0) is 16.6 Å². The standard InChI is InChI=1S/C14H22FN3O2S/c1-17(2)12-5-7-18(8-6-12)21(19,20)14-9-11(10-16)3-4-13(14)15/h3-4,9,12H,5-8,10,16H2,1-2H3. The van der Waals surface area contributed by atoms with Gasteiger partial charge in [0.1, 0.15) is 10.7 Å². The Labute approximate surface area is 125 Å². The lowest BCUT2D eigenvalue weighted by Crippen LogP contribution is -2.44. The van der Waals surface area contributed by atoms with Crippen LogP contribution in [0.15, 0.2) is 23.1 Å². The van der Waals surface area contributed by atoms with E-state index in [0.29, 0.717) is 24.7 Å². The predicted octanol–water partition coefficient (Wildman–Crippen LogP) is 0.999. The molecule has 1 aliphatic rings. The monoisotopic (exact) mass is 315 g/mol. The van der Waals surface area contributed by atoms with E-state index in [2.05, 4.69) is 4.90 Å². The zero-order valence-corrected chi connectivity index (χ0v) is 13.2. The number of nitrogens with two attached hydrogens (primary N) is 1. The van der Waals surface area contributed by atoms with Crippen LogP contribution in [0.2, 0.25) is 0 Å². The fourth-order valence-corrected chi connectivity index (χ4v) is 4.19. The van der Waals surface area contributed by atoms with Crippen LogP contribution in [0, 0.1) is 5.82 Å². The Morgan fingerprint density at radius 2 is 1.95 bits per heavy atom. The third kappa shape index (κ3) is 3.42. The summed E-state index contributed by atoms with van der Waals surface area (Å²) in [6, 6.07) is 4.38. The molecule has 0 spiro atoms. The van der Waals surface area contributed by atoms with Crippen molar-refractivity contribution in [1.29, 1.82) is 0 Å². The Hall–Kier alpha value is -1.02. The van der Waals surface area contributed by atoms with Gasteiger partial charge in [-0.2, -0.15) is 4.31 Å². The first-order chi connectivity index (χ1) is 9.86. The highest BCUT2D eigenvalue weighted by Crippen LogP contribution is 2.25. The van der Waals surface area contributed by atoms with Crippen molar-refractivity contribution >= 4 is 10.0 Å². The van der Waals surface area contributed by atoms with Crippen LogP contribution in [0.3, 0.4) is 0 Å². The summed E-state index contributed by atoms with van der Waals surface area (Å²) in [4.78, 5) is 1.83. The van der Waals surface area contributed by atoms with Gasteiger partial charge in [-0.15, -0.1) is 0 Å². The summed E-state index contributed by atoms with van der Waals surface area (Å²) < 4.78 is 40.4. The summed E-state index contributed by atoms with van der Waals surface area (Å²) >= 11 is 0. The first-order valence-electron chi connectivity index (χ1n) is 7.01. The van der Waals surface area contributed by atoms with Crippen LogP contribution in [0.5, 0.6) is 0 Å². The van der Waals surface area contributed by atoms with Crippen molar-refractivity contribution < 1.29 is 12.8 Å². The van der Waals surface area contributed by atoms with E-state index in [1.165, 1.54) is 22.5 Å². The molecule has 1 saturated heterocycles. The molecule has 21 heavy (non-hydrogen) atoms. The average molecular weight is 315 g/mol. The molecule has 0 radical (unpaired) electrons. The number of hydrogen-bond acceptors (Lipinski definition) is 4. The van der Waals surface area contributed by atoms with E-state index in [1.54, 1.807) is 0 Å². The van der Waals surface area contributed by atoms with Gasteiger partial charge in [-0.05, 0) is 44.6 Å². The minimum atomic E-state index is -3.79. The first-order valence-corrected chi connectivity index (χ1v) is 8.45. The Balaban J connectivity index is 2.23. The summed E-state index contributed by atoms with van der Waals surface area (Å²) in [5, 5.41) is 0. The maximum Gasteiger partial charge on any atom is 0.245 e. The van der Waals surface area contributed by atoms with Gasteiger partial charge in [0.05, 0.1) is 0 Å². The van der Waals surface area contributed by atoms with Crippen LogP contribution in [0.4, 0.5) is 4.39 Å². The summed E-state index contributed by atoms with van der Waals surface area (Å²) in [5.74, 6) is -0.720. The highest BCUT2D eigenvalue weighted by atomic mass is 32.2. The SMILES string of the molecule is CN(C)C1CCN(S(=O)(=O)c2cc(CN)ccc2F)CC1. The molecule has 7 heteroatoms. The molecule has 0 aromatic heterocycles. The topological polar surface area (TPSA) is 66.6 Å². The van der Waals surface area contributed by atoms with Gasteiger partial charge in [0.25, 0.3) is 0 Å². The molecule has 1 aliphatic heterocycles. The summed E-state index contributed by atoms with van der Waals surface area (Å²) in [5.41, 5.74) is 6.12. The Bertz CT molecular complexity index is 596. The lowest BCUT2D eigenvalue weighted by Gasteiger charge is -2.34. The third-order valence-electron chi connectivity index (χ3n) is 4.00. The van der Waals surface area contributed by atoms with Crippen molar-refractivity contribution in [2.24, 2.45) is 5.73 Å². The highest BCUT2D eigenvalue weighted by Gasteiger charge is 2.31. The molecule has 1 fully saturated rings. The van der Waals surface area contributed by atoms with Gasteiger partial charge in [-0.1, -0.05) is 6.07 Å². The molecule has 0 amide bonds. The minimum absolute atomic E-state index is 0.186. The number of nitrogens with zero attached hydrogens (tertiary/aromatic N) is 2. The highest BCUT2D eigenvalue weighted by molar-refractivity contribution is 7.89. The number of halogens is 1. The second kappa shape index (κ2) is 6.39. The predicted molar refractivity (Wildman–Crippen MR) is 79.8 cm³/mol. The fraction of sp³-hybridized carbons (Fsp3) is 0.571. The third-order valence-corrected chi connectivity index (χ3v) is 5.92. The molecule has 1 aromatic rings. The summed E-state index contributed by atoms with van der Waals surface area (Å²) in [6.45, 7) is 1.01. The molecule has 2 N–H and O–H groups in total. The first kappa shape index (κ1) is 16.4. The molecule has 1 heterocycles.